The van der Waals surface area contributed by atoms with Gasteiger partial charge in [-0.1, -0.05) is 0 Å². The van der Waals surface area contributed by atoms with Gasteiger partial charge in [0.1, 0.15) is 11.6 Å². The van der Waals surface area contributed by atoms with Crippen LogP contribution in [0.5, 0.6) is 0 Å². The van der Waals surface area contributed by atoms with E-state index < -0.39 is 28.4 Å². The van der Waals surface area contributed by atoms with Crippen molar-refractivity contribution in [3.8, 4) is 0 Å². The van der Waals surface area contributed by atoms with Crippen LogP contribution in [0.4, 0.5) is 5.69 Å². The van der Waals surface area contributed by atoms with Crippen molar-refractivity contribution in [3.63, 3.8) is 0 Å². The van der Waals surface area contributed by atoms with Crippen LogP contribution in [0.2, 0.25) is 0 Å². The van der Waals surface area contributed by atoms with E-state index in [-0.39, 0.29) is 23.2 Å². The minimum absolute atomic E-state index is 0.0876. The van der Waals surface area contributed by atoms with E-state index in [2.05, 4.69) is 0 Å². The van der Waals surface area contributed by atoms with Crippen molar-refractivity contribution >= 4 is 17.6 Å². The van der Waals surface area contributed by atoms with Crippen LogP contribution in [-0.4, -0.2) is 28.4 Å². The molecule has 4 N–H and O–H groups in total. The normalized spacial score (nSPS) is 12.5. The maximum absolute atomic E-state index is 11.9. The van der Waals surface area contributed by atoms with Crippen molar-refractivity contribution in [1.82, 2.24) is 0 Å². The molecule has 1 rings (SSSR count). The Labute approximate surface area is 127 Å². The van der Waals surface area contributed by atoms with E-state index in [9.17, 15) is 19.7 Å². The summed E-state index contributed by atoms with van der Waals surface area (Å²) in [6.07, 6.45) is -0.0884. The number of nitrogens with zero attached hydrogens (tertiary/aromatic N) is 1. The summed E-state index contributed by atoms with van der Waals surface area (Å²) < 4.78 is 5.14. The van der Waals surface area contributed by atoms with Crippen molar-refractivity contribution in [3.05, 3.63) is 39.4 Å². The highest BCUT2D eigenvalue weighted by Crippen LogP contribution is 2.20. The van der Waals surface area contributed by atoms with Crippen molar-refractivity contribution in [2.24, 2.45) is 11.5 Å². The molecule has 0 aliphatic carbocycles. The van der Waals surface area contributed by atoms with Crippen LogP contribution in [0.3, 0.4) is 0 Å². The van der Waals surface area contributed by atoms with Gasteiger partial charge < -0.3 is 16.2 Å². The van der Waals surface area contributed by atoms with Crippen LogP contribution in [0.1, 0.15) is 36.7 Å². The summed E-state index contributed by atoms with van der Waals surface area (Å²) in [5.74, 6) is -1.41. The maximum atomic E-state index is 11.9. The lowest BCUT2D eigenvalue weighted by Crippen LogP contribution is -2.39. The summed E-state index contributed by atoms with van der Waals surface area (Å²) in [6.45, 7) is 5.08. The Balaban J connectivity index is 3.04. The van der Waals surface area contributed by atoms with Crippen LogP contribution in [0.25, 0.3) is 0 Å². The van der Waals surface area contributed by atoms with E-state index in [1.54, 1.807) is 20.8 Å². The minimum atomic E-state index is -1.06. The van der Waals surface area contributed by atoms with Gasteiger partial charge in [-0.2, -0.15) is 0 Å². The Hall–Kier alpha value is -2.48. The predicted octanol–water partition coefficient (Wildman–Crippen LogP) is 0.905. The van der Waals surface area contributed by atoms with Gasteiger partial charge in [0.2, 0.25) is 5.91 Å². The molecular formula is C14H19N3O5. The molecule has 0 saturated carbocycles. The first-order valence-corrected chi connectivity index (χ1v) is 6.57. The Kier molecular flexibility index (Phi) is 5.21. The first-order valence-electron chi connectivity index (χ1n) is 6.57. The van der Waals surface area contributed by atoms with Crippen LogP contribution in [0, 0.1) is 10.1 Å². The van der Waals surface area contributed by atoms with Crippen molar-refractivity contribution in [1.29, 1.82) is 0 Å². The van der Waals surface area contributed by atoms with E-state index in [4.69, 9.17) is 16.2 Å². The van der Waals surface area contributed by atoms with Crippen molar-refractivity contribution < 1.29 is 19.2 Å². The smallest absolute Gasteiger partial charge is 0.323 e. The van der Waals surface area contributed by atoms with Gasteiger partial charge in [-0.3, -0.25) is 19.7 Å². The number of benzene rings is 1. The molecule has 8 nitrogen and oxygen atoms in total. The zero-order chi connectivity index (χ0) is 17.1. The fourth-order valence-corrected chi connectivity index (χ4v) is 1.80. The molecule has 0 bridgehead atoms. The molecule has 0 radical (unpaired) electrons. The molecule has 1 amide bonds. The average Bonchev–Trinajstić information content (AvgIpc) is 2.36. The lowest BCUT2D eigenvalue weighted by molar-refractivity contribution is -0.384. The minimum Gasteiger partial charge on any atom is -0.459 e. The number of carbonyl (C=O) groups is 2. The third kappa shape index (κ3) is 4.81. The zero-order valence-electron chi connectivity index (χ0n) is 12.7. The highest BCUT2D eigenvalue weighted by atomic mass is 16.6. The van der Waals surface area contributed by atoms with E-state index in [1.807, 2.05) is 0 Å². The molecular weight excluding hydrogens is 290 g/mol. The number of amides is 1. The molecule has 0 fully saturated rings. The molecule has 0 aliphatic heterocycles. The topological polar surface area (TPSA) is 139 Å². The van der Waals surface area contributed by atoms with E-state index in [1.165, 1.54) is 18.2 Å². The molecule has 0 spiro atoms. The summed E-state index contributed by atoms with van der Waals surface area (Å²) in [4.78, 5) is 33.4. The Bertz CT molecular complexity index is 607. The van der Waals surface area contributed by atoms with Crippen LogP contribution >= 0.6 is 0 Å². The number of rotatable bonds is 5. The molecule has 1 aromatic rings. The number of nitro benzene ring substituents is 1. The van der Waals surface area contributed by atoms with Gasteiger partial charge >= 0.3 is 5.97 Å². The van der Waals surface area contributed by atoms with Gasteiger partial charge in [-0.25, -0.2) is 0 Å². The monoisotopic (exact) mass is 309 g/mol. The summed E-state index contributed by atoms with van der Waals surface area (Å²) in [5.41, 5.74) is 10.4. The zero-order valence-corrected chi connectivity index (χ0v) is 12.7. The second-order valence-corrected chi connectivity index (χ2v) is 5.81. The third-order valence-electron chi connectivity index (χ3n) is 2.71. The summed E-state index contributed by atoms with van der Waals surface area (Å²) >= 11 is 0. The number of hydrogen-bond donors (Lipinski definition) is 2. The summed E-state index contributed by atoms with van der Waals surface area (Å²) in [7, 11) is 0. The van der Waals surface area contributed by atoms with Crippen LogP contribution in [0.15, 0.2) is 18.2 Å². The lowest BCUT2D eigenvalue weighted by Gasteiger charge is -2.22. The molecule has 22 heavy (non-hydrogen) atoms. The molecule has 1 unspecified atom stereocenters. The van der Waals surface area contributed by atoms with Gasteiger partial charge in [-0.15, -0.1) is 0 Å². The van der Waals surface area contributed by atoms with E-state index in [0.717, 1.165) is 0 Å². The fourth-order valence-electron chi connectivity index (χ4n) is 1.80. The number of carbonyl (C=O) groups excluding carboxylic acids is 2. The number of nitro groups is 1. The lowest BCUT2D eigenvalue weighted by atomic mass is 9.99. The Morgan fingerprint density at radius 1 is 1.36 bits per heavy atom. The largest absolute Gasteiger partial charge is 0.459 e. The molecule has 0 aromatic heterocycles. The van der Waals surface area contributed by atoms with E-state index >= 15 is 0 Å². The Morgan fingerprint density at radius 2 is 1.95 bits per heavy atom. The highest BCUT2D eigenvalue weighted by Gasteiger charge is 2.24. The second kappa shape index (κ2) is 6.52. The number of primary amides is 1. The Morgan fingerprint density at radius 3 is 2.41 bits per heavy atom. The fraction of sp³-hybridized carbons (Fsp3) is 0.429. The first kappa shape index (κ1) is 17.6. The van der Waals surface area contributed by atoms with Crippen LogP contribution < -0.4 is 11.5 Å². The van der Waals surface area contributed by atoms with Gasteiger partial charge in [0.25, 0.3) is 5.69 Å². The average molecular weight is 309 g/mol. The van der Waals surface area contributed by atoms with Gasteiger partial charge in [0.05, 0.1) is 4.92 Å². The predicted molar refractivity (Wildman–Crippen MR) is 79.1 cm³/mol. The number of non-ortho nitro benzene ring substituents is 1. The molecule has 0 saturated heterocycles. The number of nitrogens with two attached hydrogens (primary N) is 2. The SMILES string of the molecule is CC(C)(C)OC(=O)C(N)Cc1cc([N+](=O)[O-])ccc1C(N)=O. The third-order valence-corrected chi connectivity index (χ3v) is 2.71. The number of esters is 1. The second-order valence-electron chi connectivity index (χ2n) is 5.81. The molecule has 0 heterocycles. The maximum Gasteiger partial charge on any atom is 0.323 e. The molecule has 8 heteroatoms. The molecule has 1 aromatic carbocycles. The van der Waals surface area contributed by atoms with Gasteiger partial charge in [0, 0.05) is 17.7 Å². The summed E-state index contributed by atoms with van der Waals surface area (Å²) in [5, 5.41) is 10.8. The number of hydrogen-bond acceptors (Lipinski definition) is 6. The van der Waals surface area contributed by atoms with Gasteiger partial charge in [-0.05, 0) is 38.8 Å². The van der Waals surface area contributed by atoms with Crippen molar-refractivity contribution in [2.45, 2.75) is 38.8 Å². The van der Waals surface area contributed by atoms with Crippen molar-refractivity contribution in [2.75, 3.05) is 0 Å². The highest BCUT2D eigenvalue weighted by molar-refractivity contribution is 5.95. The molecule has 1 atom stereocenters. The van der Waals surface area contributed by atoms with Gasteiger partial charge in [0.15, 0.2) is 0 Å². The quantitative estimate of drug-likeness (QED) is 0.470. The molecule has 0 aliphatic rings. The van der Waals surface area contributed by atoms with E-state index in [0.29, 0.717) is 0 Å². The standard InChI is InChI=1S/C14H19N3O5/c1-14(2,3)22-13(19)11(15)7-8-6-9(17(20)21)4-5-10(8)12(16)18/h4-6,11H,7,15H2,1-3H3,(H2,16,18). The molecule has 120 valence electrons. The number of ether oxygens (including phenoxy) is 1. The summed E-state index contributed by atoms with van der Waals surface area (Å²) in [6, 6.07) is 2.55. The first-order chi connectivity index (χ1) is 10.0. The van der Waals surface area contributed by atoms with Crippen LogP contribution in [-0.2, 0) is 16.0 Å².